The average molecular weight is 747 g/mol. The number of hydrogen-bond acceptors (Lipinski definition) is 11. The second-order valence-corrected chi connectivity index (χ2v) is 13.9. The Balaban J connectivity index is 0.000000151. The van der Waals surface area contributed by atoms with Crippen molar-refractivity contribution in [2.24, 2.45) is 0 Å². The van der Waals surface area contributed by atoms with E-state index in [2.05, 4.69) is 40.5 Å². The number of methoxy groups -OCH3 is 1. The van der Waals surface area contributed by atoms with Crippen molar-refractivity contribution < 1.29 is 9.53 Å². The van der Waals surface area contributed by atoms with Crippen molar-refractivity contribution in [1.29, 1.82) is 0 Å². The van der Waals surface area contributed by atoms with Crippen LogP contribution in [0.2, 0.25) is 5.15 Å². The number of aromatic amines is 1. The maximum Gasteiger partial charge on any atom is 0.253 e. The Hall–Kier alpha value is -5.70. The Bertz CT molecular complexity index is 2440. The van der Waals surface area contributed by atoms with E-state index in [0.29, 0.717) is 40.2 Å². The Morgan fingerprint density at radius 3 is 2.25 bits per heavy atom. The molecule has 1 fully saturated rings. The minimum atomic E-state index is 0.0989. The number of nitrogens with zero attached hydrogens (tertiary/aromatic N) is 8. The summed E-state index contributed by atoms with van der Waals surface area (Å²) in [4.78, 5) is 32.6. The van der Waals surface area contributed by atoms with Crippen LogP contribution >= 0.6 is 34.3 Å². The van der Waals surface area contributed by atoms with Crippen LogP contribution < -0.4 is 10.1 Å². The molecule has 8 aromatic rings. The molecule has 15 heteroatoms. The molecule has 12 nitrogen and oxygen atoms in total. The SMILES string of the molecule is COc1ccc(Cn2cc3nc(-c4ccsc4)nc(Cl)c3n2)cc1.O=C(c1ccc(Nc2nc(-c3ccsc3)nc3cn[nH]c23)cc1)N1CCCC1. The van der Waals surface area contributed by atoms with Crippen LogP contribution in [0.15, 0.2) is 94.6 Å². The number of thiophene rings is 2. The number of H-pyrrole nitrogens is 1. The van der Waals surface area contributed by atoms with Gasteiger partial charge in [0.1, 0.15) is 27.8 Å². The second-order valence-electron chi connectivity index (χ2n) is 12.0. The van der Waals surface area contributed by atoms with Gasteiger partial charge in [-0.05, 0) is 77.7 Å². The molecule has 1 aliphatic rings. The van der Waals surface area contributed by atoms with E-state index in [1.54, 1.807) is 36.0 Å². The van der Waals surface area contributed by atoms with Crippen molar-refractivity contribution in [2.45, 2.75) is 19.4 Å². The summed E-state index contributed by atoms with van der Waals surface area (Å²) in [6.07, 6.45) is 5.76. The Morgan fingerprint density at radius 1 is 0.885 bits per heavy atom. The van der Waals surface area contributed by atoms with Gasteiger partial charge in [-0.2, -0.15) is 32.9 Å². The Labute approximate surface area is 311 Å². The number of hydrogen-bond donors (Lipinski definition) is 2. The van der Waals surface area contributed by atoms with E-state index >= 15 is 0 Å². The second kappa shape index (κ2) is 14.9. The molecule has 7 heterocycles. The molecule has 52 heavy (non-hydrogen) atoms. The highest BCUT2D eigenvalue weighted by Crippen LogP contribution is 2.28. The van der Waals surface area contributed by atoms with Crippen molar-refractivity contribution in [3.8, 4) is 28.5 Å². The third-order valence-corrected chi connectivity index (χ3v) is 10.1. The predicted octanol–water partition coefficient (Wildman–Crippen LogP) is 8.33. The number of amides is 1. The van der Waals surface area contributed by atoms with E-state index in [-0.39, 0.29) is 5.91 Å². The molecule has 2 N–H and O–H groups in total. The number of carbonyl (C=O) groups excluding carboxylic acids is 1. The lowest BCUT2D eigenvalue weighted by Crippen LogP contribution is -2.27. The number of aromatic nitrogens is 8. The number of fused-ring (bicyclic) bond motifs is 2. The van der Waals surface area contributed by atoms with Crippen molar-refractivity contribution in [2.75, 3.05) is 25.5 Å². The summed E-state index contributed by atoms with van der Waals surface area (Å²) in [5.74, 6) is 2.86. The van der Waals surface area contributed by atoms with E-state index in [0.717, 1.165) is 70.6 Å². The Kier molecular flexibility index (Phi) is 9.57. The van der Waals surface area contributed by atoms with Crippen LogP contribution in [0, 0.1) is 0 Å². The van der Waals surface area contributed by atoms with Gasteiger partial charge in [-0.15, -0.1) is 0 Å². The highest BCUT2D eigenvalue weighted by Gasteiger charge is 2.19. The first-order chi connectivity index (χ1) is 25.5. The first-order valence-corrected chi connectivity index (χ1v) is 18.7. The van der Waals surface area contributed by atoms with E-state index in [1.165, 1.54) is 0 Å². The highest BCUT2D eigenvalue weighted by atomic mass is 35.5. The zero-order valence-electron chi connectivity index (χ0n) is 27.9. The summed E-state index contributed by atoms with van der Waals surface area (Å²) in [5, 5.41) is 23.3. The average Bonchev–Trinajstić information content (AvgIpc) is 4.01. The summed E-state index contributed by atoms with van der Waals surface area (Å²) >= 11 is 9.50. The van der Waals surface area contributed by atoms with Gasteiger partial charge in [-0.3, -0.25) is 14.6 Å². The third kappa shape index (κ3) is 7.21. The van der Waals surface area contributed by atoms with E-state index in [1.807, 2.05) is 98.0 Å². The first-order valence-electron chi connectivity index (χ1n) is 16.5. The van der Waals surface area contributed by atoms with Crippen LogP contribution in [0.25, 0.3) is 44.8 Å². The van der Waals surface area contributed by atoms with Crippen molar-refractivity contribution in [3.63, 3.8) is 0 Å². The van der Waals surface area contributed by atoms with Crippen molar-refractivity contribution in [3.05, 3.63) is 111 Å². The number of rotatable bonds is 8. The molecule has 0 atom stereocenters. The largest absolute Gasteiger partial charge is 0.497 e. The molecule has 1 saturated heterocycles. The van der Waals surface area contributed by atoms with Gasteiger partial charge in [0, 0.05) is 46.2 Å². The number of benzene rings is 2. The first kappa shape index (κ1) is 33.4. The normalized spacial score (nSPS) is 12.6. The summed E-state index contributed by atoms with van der Waals surface area (Å²) in [6, 6.07) is 19.4. The summed E-state index contributed by atoms with van der Waals surface area (Å²) < 4.78 is 7.00. The molecule has 0 saturated carbocycles. The van der Waals surface area contributed by atoms with Gasteiger partial charge in [0.2, 0.25) is 0 Å². The van der Waals surface area contributed by atoms with Crippen molar-refractivity contribution in [1.82, 2.24) is 44.8 Å². The standard InChI is InChI=1S/C20H18N6OS.C17H13ClN4OS/c27-20(26-8-1-2-9-26)13-3-5-15(6-4-13)22-19-17-16(11-21-25-17)23-18(24-19)14-7-10-28-12-14;1-23-13-4-2-11(3-5-13)8-22-9-14-15(21-22)16(18)20-17(19-14)12-6-7-24-10-12/h3-7,10-12H,1-2,8-9H2,(H,21,25)(H,22,23,24);2-7,9-10H,8H2,1H3. The van der Waals surface area contributed by atoms with Crippen LogP contribution in [0.1, 0.15) is 28.8 Å². The van der Waals surface area contributed by atoms with Crippen LogP contribution in [0.3, 0.4) is 0 Å². The molecular weight excluding hydrogens is 716 g/mol. The molecule has 1 amide bonds. The maximum atomic E-state index is 12.5. The quantitative estimate of drug-likeness (QED) is 0.147. The lowest BCUT2D eigenvalue weighted by Gasteiger charge is -2.15. The highest BCUT2D eigenvalue weighted by molar-refractivity contribution is 7.08. The number of likely N-dealkylation sites (tertiary alicyclic amines) is 1. The van der Waals surface area contributed by atoms with Gasteiger partial charge in [0.15, 0.2) is 22.6 Å². The molecule has 260 valence electrons. The number of nitrogens with one attached hydrogen (secondary N) is 2. The number of anilines is 2. The molecule has 0 unspecified atom stereocenters. The van der Waals surface area contributed by atoms with Crippen LogP contribution in [0.4, 0.5) is 11.5 Å². The molecule has 0 aliphatic carbocycles. The van der Waals surface area contributed by atoms with E-state index in [4.69, 9.17) is 16.3 Å². The lowest BCUT2D eigenvalue weighted by atomic mass is 10.2. The molecular formula is C37H31ClN10O2S2. The van der Waals surface area contributed by atoms with Crippen molar-refractivity contribution >= 4 is 73.8 Å². The van der Waals surface area contributed by atoms with Crippen LogP contribution in [0.5, 0.6) is 5.75 Å². The maximum absolute atomic E-state index is 12.5. The summed E-state index contributed by atoms with van der Waals surface area (Å²) in [5.41, 5.74) is 7.47. The van der Waals surface area contributed by atoms with Gasteiger partial charge in [-0.1, -0.05) is 23.7 Å². The number of halogens is 1. The van der Waals surface area contributed by atoms with Gasteiger partial charge in [-0.25, -0.2) is 19.9 Å². The minimum Gasteiger partial charge on any atom is -0.497 e. The van der Waals surface area contributed by atoms with Gasteiger partial charge < -0.3 is 15.0 Å². The molecule has 0 bridgehead atoms. The molecule has 1 aliphatic heterocycles. The smallest absolute Gasteiger partial charge is 0.253 e. The zero-order chi connectivity index (χ0) is 35.4. The summed E-state index contributed by atoms with van der Waals surface area (Å²) in [7, 11) is 1.65. The fraction of sp³-hybridized carbons (Fsp3) is 0.162. The topological polar surface area (TPSA) is 140 Å². The Morgan fingerprint density at radius 2 is 1.58 bits per heavy atom. The van der Waals surface area contributed by atoms with Gasteiger partial charge in [0.05, 0.1) is 26.0 Å². The summed E-state index contributed by atoms with van der Waals surface area (Å²) in [6.45, 7) is 2.33. The third-order valence-electron chi connectivity index (χ3n) is 8.52. The molecule has 2 aromatic carbocycles. The number of ether oxygens (including phenoxy) is 1. The van der Waals surface area contributed by atoms with Gasteiger partial charge in [0.25, 0.3) is 5.91 Å². The molecule has 9 rings (SSSR count). The van der Waals surface area contributed by atoms with Crippen LogP contribution in [-0.2, 0) is 6.54 Å². The monoisotopic (exact) mass is 746 g/mol. The molecule has 0 spiro atoms. The molecule has 0 radical (unpaired) electrons. The van der Waals surface area contributed by atoms with E-state index < -0.39 is 0 Å². The molecule has 6 aromatic heterocycles. The number of carbonyl (C=O) groups is 1. The van der Waals surface area contributed by atoms with Crippen LogP contribution in [-0.4, -0.2) is 70.9 Å². The minimum absolute atomic E-state index is 0.0989. The lowest BCUT2D eigenvalue weighted by molar-refractivity contribution is 0.0793. The fourth-order valence-electron chi connectivity index (χ4n) is 5.83. The van der Waals surface area contributed by atoms with Gasteiger partial charge >= 0.3 is 0 Å². The predicted molar refractivity (Wildman–Crippen MR) is 206 cm³/mol. The fourth-order valence-corrected chi connectivity index (χ4v) is 7.31. The zero-order valence-corrected chi connectivity index (χ0v) is 30.3. The van der Waals surface area contributed by atoms with E-state index in [9.17, 15) is 4.79 Å².